The van der Waals surface area contributed by atoms with Crippen LogP contribution in [0.4, 0.5) is 0 Å². The topological polar surface area (TPSA) is 32.7 Å². The monoisotopic (exact) mass is 313 g/mol. The molecule has 0 spiro atoms. The Morgan fingerprint density at radius 2 is 1.48 bits per heavy atom. The van der Waals surface area contributed by atoms with Crippen molar-refractivity contribution in [3.05, 3.63) is 0 Å². The average Bonchev–Trinajstić information content (AvgIpc) is 2.76. The second kappa shape index (κ2) is 6.69. The molecular formula is C17H35NO2Si. The normalized spacial score (nSPS) is 31.4. The summed E-state index contributed by atoms with van der Waals surface area (Å²) in [5.74, 6) is 0. The molecule has 0 aromatic rings. The number of fused-ring (bicyclic) bond motifs is 1. The lowest BCUT2D eigenvalue weighted by Gasteiger charge is -2.46. The van der Waals surface area contributed by atoms with Gasteiger partial charge in [-0.15, -0.1) is 0 Å². The SMILES string of the molecule is CC(C)[Si](O[C@H]1CCN2CC[C@H](O)C[C@H]12)(C(C)C)C(C)C. The Morgan fingerprint density at radius 1 is 0.952 bits per heavy atom. The van der Waals surface area contributed by atoms with Gasteiger partial charge in [0.05, 0.1) is 12.2 Å². The summed E-state index contributed by atoms with van der Waals surface area (Å²) < 4.78 is 6.99. The molecule has 1 N–H and O–H groups in total. The molecule has 0 unspecified atom stereocenters. The molecule has 21 heavy (non-hydrogen) atoms. The highest BCUT2D eigenvalue weighted by Crippen LogP contribution is 2.45. The Bertz CT molecular complexity index is 324. The van der Waals surface area contributed by atoms with Gasteiger partial charge in [-0.1, -0.05) is 41.5 Å². The van der Waals surface area contributed by atoms with Gasteiger partial charge in [0.15, 0.2) is 0 Å². The van der Waals surface area contributed by atoms with Crippen molar-refractivity contribution in [2.75, 3.05) is 13.1 Å². The molecule has 0 radical (unpaired) electrons. The van der Waals surface area contributed by atoms with Gasteiger partial charge in [-0.25, -0.2) is 0 Å². The molecule has 2 aliphatic rings. The largest absolute Gasteiger partial charge is 0.411 e. The van der Waals surface area contributed by atoms with Crippen molar-refractivity contribution in [1.29, 1.82) is 0 Å². The number of rotatable bonds is 5. The minimum absolute atomic E-state index is 0.122. The first kappa shape index (κ1) is 17.5. The van der Waals surface area contributed by atoms with E-state index >= 15 is 0 Å². The molecule has 0 aromatic carbocycles. The minimum Gasteiger partial charge on any atom is -0.411 e. The molecule has 2 saturated heterocycles. The summed E-state index contributed by atoms with van der Waals surface area (Å²) >= 11 is 0. The van der Waals surface area contributed by atoms with Gasteiger partial charge in [0.1, 0.15) is 0 Å². The predicted molar refractivity (Wildman–Crippen MR) is 91.1 cm³/mol. The average molecular weight is 314 g/mol. The zero-order valence-corrected chi connectivity index (χ0v) is 15.8. The Labute approximate surface area is 132 Å². The molecule has 0 amide bonds. The molecule has 0 saturated carbocycles. The van der Waals surface area contributed by atoms with Crippen LogP contribution in [0.3, 0.4) is 0 Å². The lowest BCUT2D eigenvalue weighted by atomic mass is 9.98. The van der Waals surface area contributed by atoms with Crippen LogP contribution in [0, 0.1) is 0 Å². The Kier molecular flexibility index (Phi) is 5.56. The van der Waals surface area contributed by atoms with E-state index in [1.807, 2.05) is 0 Å². The van der Waals surface area contributed by atoms with Crippen molar-refractivity contribution in [3.8, 4) is 0 Å². The van der Waals surface area contributed by atoms with E-state index in [-0.39, 0.29) is 6.10 Å². The number of aliphatic hydroxyl groups is 1. The van der Waals surface area contributed by atoms with Crippen LogP contribution in [0.1, 0.15) is 60.8 Å². The lowest BCUT2D eigenvalue weighted by Crippen LogP contribution is -2.53. The summed E-state index contributed by atoms with van der Waals surface area (Å²) in [7, 11) is -1.80. The molecule has 2 aliphatic heterocycles. The summed E-state index contributed by atoms with van der Waals surface area (Å²) in [5, 5.41) is 10.0. The van der Waals surface area contributed by atoms with Crippen LogP contribution in [0.2, 0.25) is 16.6 Å². The smallest absolute Gasteiger partial charge is 0.200 e. The van der Waals surface area contributed by atoms with Gasteiger partial charge in [-0.3, -0.25) is 4.90 Å². The van der Waals surface area contributed by atoms with Crippen LogP contribution < -0.4 is 0 Å². The van der Waals surface area contributed by atoms with Crippen LogP contribution in [0.25, 0.3) is 0 Å². The second-order valence-corrected chi connectivity index (χ2v) is 13.5. The molecule has 2 fully saturated rings. The third-order valence-electron chi connectivity index (χ3n) is 5.92. The first-order valence-electron chi connectivity index (χ1n) is 8.89. The third kappa shape index (κ3) is 3.24. The Hall–Kier alpha value is 0.0969. The van der Waals surface area contributed by atoms with E-state index in [1.54, 1.807) is 0 Å². The van der Waals surface area contributed by atoms with Gasteiger partial charge >= 0.3 is 0 Å². The Balaban J connectivity index is 2.17. The van der Waals surface area contributed by atoms with Gasteiger partial charge < -0.3 is 9.53 Å². The molecule has 4 heteroatoms. The summed E-state index contributed by atoms with van der Waals surface area (Å²) in [6.45, 7) is 16.3. The van der Waals surface area contributed by atoms with E-state index in [4.69, 9.17) is 4.43 Å². The molecule has 124 valence electrons. The molecule has 0 bridgehead atoms. The maximum absolute atomic E-state index is 10.0. The second-order valence-electron chi connectivity index (χ2n) is 8.04. The van der Waals surface area contributed by atoms with E-state index < -0.39 is 8.32 Å². The highest BCUT2D eigenvalue weighted by molar-refractivity contribution is 6.77. The Morgan fingerprint density at radius 3 is 2.00 bits per heavy atom. The van der Waals surface area contributed by atoms with Crippen molar-refractivity contribution in [2.45, 2.75) is 95.7 Å². The van der Waals surface area contributed by atoms with Gasteiger partial charge in [-0.2, -0.15) is 0 Å². The van der Waals surface area contributed by atoms with E-state index in [0.717, 1.165) is 32.4 Å². The van der Waals surface area contributed by atoms with Crippen LogP contribution >= 0.6 is 0 Å². The standard InChI is InChI=1S/C17H35NO2Si/c1-12(2)21(13(3)4,14(5)6)20-17-8-10-18-9-7-15(19)11-16(17)18/h12-17,19H,7-11H2,1-6H3/t15-,16+,17-/m0/s1. The van der Waals surface area contributed by atoms with Crippen LogP contribution in [-0.2, 0) is 4.43 Å². The maximum Gasteiger partial charge on any atom is 0.200 e. The van der Waals surface area contributed by atoms with Crippen molar-refractivity contribution in [1.82, 2.24) is 4.90 Å². The van der Waals surface area contributed by atoms with Crippen molar-refractivity contribution in [2.24, 2.45) is 0 Å². The highest BCUT2D eigenvalue weighted by Gasteiger charge is 2.50. The van der Waals surface area contributed by atoms with Crippen LogP contribution in [0.5, 0.6) is 0 Å². The van der Waals surface area contributed by atoms with Gasteiger partial charge in [0, 0.05) is 19.1 Å². The summed E-state index contributed by atoms with van der Waals surface area (Å²) in [6.07, 6.45) is 3.22. The molecular weight excluding hydrogens is 278 g/mol. The number of hydrogen-bond acceptors (Lipinski definition) is 3. The number of nitrogens with zero attached hydrogens (tertiary/aromatic N) is 1. The third-order valence-corrected chi connectivity index (χ3v) is 12.0. The molecule has 2 rings (SSSR count). The van der Waals surface area contributed by atoms with E-state index in [0.29, 0.717) is 28.8 Å². The first-order valence-corrected chi connectivity index (χ1v) is 11.0. The molecule has 3 atom stereocenters. The first-order chi connectivity index (χ1) is 9.79. The quantitative estimate of drug-likeness (QED) is 0.784. The predicted octanol–water partition coefficient (Wildman–Crippen LogP) is 3.78. The number of hydrogen-bond donors (Lipinski definition) is 1. The van der Waals surface area contributed by atoms with Gasteiger partial charge in [-0.05, 0) is 35.9 Å². The van der Waals surface area contributed by atoms with Gasteiger partial charge in [0.2, 0.25) is 8.32 Å². The molecule has 3 nitrogen and oxygen atoms in total. The number of aliphatic hydroxyl groups excluding tert-OH is 1. The van der Waals surface area contributed by atoms with Crippen LogP contribution in [0.15, 0.2) is 0 Å². The summed E-state index contributed by atoms with van der Waals surface area (Å²) in [5.41, 5.74) is 1.92. The van der Waals surface area contributed by atoms with E-state index in [1.165, 1.54) is 0 Å². The van der Waals surface area contributed by atoms with Crippen molar-refractivity contribution in [3.63, 3.8) is 0 Å². The summed E-state index contributed by atoms with van der Waals surface area (Å²) in [6, 6.07) is 0.455. The minimum atomic E-state index is -1.80. The van der Waals surface area contributed by atoms with Crippen LogP contribution in [-0.4, -0.2) is 49.7 Å². The maximum atomic E-state index is 10.0. The molecule has 0 aliphatic carbocycles. The fraction of sp³-hybridized carbons (Fsp3) is 1.00. The summed E-state index contributed by atoms with van der Waals surface area (Å²) in [4.78, 5) is 2.55. The fourth-order valence-electron chi connectivity index (χ4n) is 4.98. The molecule has 2 heterocycles. The number of piperidine rings is 1. The van der Waals surface area contributed by atoms with Crippen molar-refractivity contribution < 1.29 is 9.53 Å². The molecule has 0 aromatic heterocycles. The zero-order chi connectivity index (χ0) is 15.8. The van der Waals surface area contributed by atoms with E-state index in [9.17, 15) is 5.11 Å². The van der Waals surface area contributed by atoms with E-state index in [2.05, 4.69) is 46.4 Å². The lowest BCUT2D eigenvalue weighted by molar-refractivity contribution is 0.0254. The fourth-order valence-corrected chi connectivity index (χ4v) is 10.6. The highest BCUT2D eigenvalue weighted by atomic mass is 28.4. The zero-order valence-electron chi connectivity index (χ0n) is 14.8. The van der Waals surface area contributed by atoms with Gasteiger partial charge in [0.25, 0.3) is 0 Å². The van der Waals surface area contributed by atoms with Crippen molar-refractivity contribution >= 4 is 8.32 Å².